The number of aryl methyl sites for hydroxylation is 1. The number of hydrogen-bond acceptors (Lipinski definition) is 4. The van der Waals surface area contributed by atoms with Crippen molar-refractivity contribution in [1.82, 2.24) is 15.3 Å². The predicted octanol–water partition coefficient (Wildman–Crippen LogP) is 1.96. The Morgan fingerprint density at radius 1 is 1.39 bits per heavy atom. The normalized spacial score (nSPS) is 22.8. The van der Waals surface area contributed by atoms with Crippen LogP contribution in [0.2, 0.25) is 0 Å². The van der Waals surface area contributed by atoms with Crippen LogP contribution in [0.25, 0.3) is 11.0 Å². The molecule has 2 N–H and O–H groups in total. The molecule has 1 unspecified atom stereocenters. The molecular weight excluding hydrogens is 314 g/mol. The fourth-order valence-electron chi connectivity index (χ4n) is 3.12. The summed E-state index contributed by atoms with van der Waals surface area (Å²) < 4.78 is 23.3. The van der Waals surface area contributed by atoms with E-state index in [0.29, 0.717) is 23.9 Å². The molecule has 124 valence electrons. The van der Waals surface area contributed by atoms with Crippen molar-refractivity contribution in [2.45, 2.75) is 44.4 Å². The first kappa shape index (κ1) is 16.0. The van der Waals surface area contributed by atoms with Gasteiger partial charge in [0.25, 0.3) is 5.91 Å². The number of amides is 1. The molecule has 6 nitrogen and oxygen atoms in total. The number of aromatic nitrogens is 2. The second-order valence-corrected chi connectivity index (χ2v) is 9.51. The minimum atomic E-state index is -3.09. The van der Waals surface area contributed by atoms with Gasteiger partial charge in [-0.3, -0.25) is 4.79 Å². The Hall–Kier alpha value is -1.89. The summed E-state index contributed by atoms with van der Waals surface area (Å²) in [7, 11) is -3.09. The Bertz CT molecular complexity index is 868. The Balaban J connectivity index is 1.82. The molecule has 0 radical (unpaired) electrons. The zero-order valence-electron chi connectivity index (χ0n) is 13.5. The van der Waals surface area contributed by atoms with E-state index in [9.17, 15) is 13.2 Å². The standard InChI is InChI=1S/C16H21N3O3S/c1-10-17-13-6-4-5-12(14(13)18-10)15(20)19-11-7-8-23(21,22)16(2,3)9-11/h4-6,11H,7-9H2,1-3H3,(H,17,18)(H,19,20). The van der Waals surface area contributed by atoms with Crippen LogP contribution in [0.4, 0.5) is 0 Å². The van der Waals surface area contributed by atoms with Gasteiger partial charge < -0.3 is 10.3 Å². The van der Waals surface area contributed by atoms with Crippen molar-refractivity contribution in [3.05, 3.63) is 29.6 Å². The van der Waals surface area contributed by atoms with E-state index < -0.39 is 14.6 Å². The highest BCUT2D eigenvalue weighted by Crippen LogP contribution is 2.30. The fourth-order valence-corrected chi connectivity index (χ4v) is 4.72. The molecule has 23 heavy (non-hydrogen) atoms. The minimum Gasteiger partial charge on any atom is -0.349 e. The second kappa shape index (κ2) is 5.33. The number of carbonyl (C=O) groups excluding carboxylic acids is 1. The van der Waals surface area contributed by atoms with E-state index >= 15 is 0 Å². The van der Waals surface area contributed by atoms with Gasteiger partial charge in [0.05, 0.1) is 21.6 Å². The van der Waals surface area contributed by atoms with Gasteiger partial charge in [0, 0.05) is 6.04 Å². The summed E-state index contributed by atoms with van der Waals surface area (Å²) in [6, 6.07) is 5.28. The van der Waals surface area contributed by atoms with Gasteiger partial charge in [-0.15, -0.1) is 0 Å². The molecule has 0 bridgehead atoms. The molecule has 1 aromatic carbocycles. The van der Waals surface area contributed by atoms with E-state index in [0.717, 1.165) is 11.3 Å². The summed E-state index contributed by atoms with van der Waals surface area (Å²) >= 11 is 0. The molecule has 1 aliphatic heterocycles. The zero-order chi connectivity index (χ0) is 16.8. The monoisotopic (exact) mass is 335 g/mol. The van der Waals surface area contributed by atoms with Gasteiger partial charge in [-0.1, -0.05) is 6.07 Å². The van der Waals surface area contributed by atoms with Crippen LogP contribution in [-0.2, 0) is 9.84 Å². The average Bonchev–Trinajstić information content (AvgIpc) is 2.82. The number of imidazole rings is 1. The van der Waals surface area contributed by atoms with Gasteiger partial charge in [0.2, 0.25) is 0 Å². The first-order valence-corrected chi connectivity index (χ1v) is 9.33. The first-order valence-electron chi connectivity index (χ1n) is 7.68. The summed E-state index contributed by atoms with van der Waals surface area (Å²) in [5.41, 5.74) is 1.98. The molecule has 1 saturated heterocycles. The van der Waals surface area contributed by atoms with E-state index in [4.69, 9.17) is 0 Å². The summed E-state index contributed by atoms with van der Waals surface area (Å²) in [5, 5.41) is 2.97. The van der Waals surface area contributed by atoms with Crippen molar-refractivity contribution in [3.8, 4) is 0 Å². The molecule has 0 saturated carbocycles. The van der Waals surface area contributed by atoms with Crippen LogP contribution in [0.1, 0.15) is 42.9 Å². The SMILES string of the molecule is Cc1nc2c(C(=O)NC3CCS(=O)(=O)C(C)(C)C3)cccc2[nH]1. The minimum absolute atomic E-state index is 0.108. The molecule has 7 heteroatoms. The summed E-state index contributed by atoms with van der Waals surface area (Å²) in [4.78, 5) is 20.1. The second-order valence-electron chi connectivity index (χ2n) is 6.77. The zero-order valence-corrected chi connectivity index (χ0v) is 14.3. The number of H-pyrrole nitrogens is 1. The summed E-state index contributed by atoms with van der Waals surface area (Å²) in [5.74, 6) is 0.656. The molecule has 1 aromatic heterocycles. The van der Waals surface area contributed by atoms with Crippen molar-refractivity contribution < 1.29 is 13.2 Å². The number of nitrogens with one attached hydrogen (secondary N) is 2. The third-order valence-electron chi connectivity index (χ3n) is 4.53. The Morgan fingerprint density at radius 2 is 2.13 bits per heavy atom. The molecule has 0 spiro atoms. The van der Waals surface area contributed by atoms with Gasteiger partial charge in [-0.05, 0) is 45.7 Å². The smallest absolute Gasteiger partial charge is 0.253 e. The number of para-hydroxylation sites is 1. The quantitative estimate of drug-likeness (QED) is 0.877. The average molecular weight is 335 g/mol. The molecule has 0 aliphatic carbocycles. The lowest BCUT2D eigenvalue weighted by molar-refractivity contribution is 0.0932. The molecular formula is C16H21N3O3S. The molecule has 1 amide bonds. The number of carbonyl (C=O) groups is 1. The van der Waals surface area contributed by atoms with Crippen LogP contribution < -0.4 is 5.32 Å². The highest BCUT2D eigenvalue weighted by molar-refractivity contribution is 7.92. The Kier molecular flexibility index (Phi) is 3.71. The predicted molar refractivity (Wildman–Crippen MR) is 89.2 cm³/mol. The first-order chi connectivity index (χ1) is 10.7. The van der Waals surface area contributed by atoms with Crippen LogP contribution in [0.15, 0.2) is 18.2 Å². The van der Waals surface area contributed by atoms with Gasteiger partial charge >= 0.3 is 0 Å². The van der Waals surface area contributed by atoms with Crippen molar-refractivity contribution in [2.75, 3.05) is 5.75 Å². The summed E-state index contributed by atoms with van der Waals surface area (Å²) in [6.07, 6.45) is 0.879. The maximum Gasteiger partial charge on any atom is 0.253 e. The number of aromatic amines is 1. The summed E-state index contributed by atoms with van der Waals surface area (Å²) in [6.45, 7) is 5.28. The lowest BCUT2D eigenvalue weighted by atomic mass is 9.99. The van der Waals surface area contributed by atoms with Crippen LogP contribution in [0.3, 0.4) is 0 Å². The van der Waals surface area contributed by atoms with E-state index in [1.54, 1.807) is 19.9 Å². The highest BCUT2D eigenvalue weighted by Gasteiger charge is 2.41. The highest BCUT2D eigenvalue weighted by atomic mass is 32.2. The maximum absolute atomic E-state index is 12.6. The fraction of sp³-hybridized carbons (Fsp3) is 0.500. The topological polar surface area (TPSA) is 91.9 Å². The van der Waals surface area contributed by atoms with E-state index in [2.05, 4.69) is 15.3 Å². The van der Waals surface area contributed by atoms with Crippen molar-refractivity contribution in [2.24, 2.45) is 0 Å². The van der Waals surface area contributed by atoms with Crippen LogP contribution in [0, 0.1) is 6.92 Å². The van der Waals surface area contributed by atoms with Gasteiger partial charge in [-0.2, -0.15) is 0 Å². The lowest BCUT2D eigenvalue weighted by Gasteiger charge is -2.35. The molecule has 2 aromatic rings. The van der Waals surface area contributed by atoms with Gasteiger partial charge in [-0.25, -0.2) is 13.4 Å². The largest absolute Gasteiger partial charge is 0.349 e. The number of sulfone groups is 1. The van der Waals surface area contributed by atoms with Gasteiger partial charge in [0.15, 0.2) is 9.84 Å². The Morgan fingerprint density at radius 3 is 2.83 bits per heavy atom. The molecule has 3 rings (SSSR count). The molecule has 2 heterocycles. The van der Waals surface area contributed by atoms with E-state index in [1.807, 2.05) is 19.1 Å². The third kappa shape index (κ3) is 2.85. The number of benzene rings is 1. The van der Waals surface area contributed by atoms with E-state index in [-0.39, 0.29) is 17.7 Å². The van der Waals surface area contributed by atoms with Crippen LogP contribution in [-0.4, -0.2) is 40.8 Å². The van der Waals surface area contributed by atoms with Gasteiger partial charge in [0.1, 0.15) is 11.3 Å². The van der Waals surface area contributed by atoms with Crippen molar-refractivity contribution in [3.63, 3.8) is 0 Å². The van der Waals surface area contributed by atoms with Crippen molar-refractivity contribution in [1.29, 1.82) is 0 Å². The number of fused-ring (bicyclic) bond motifs is 1. The number of rotatable bonds is 2. The molecule has 1 fully saturated rings. The number of hydrogen-bond donors (Lipinski definition) is 2. The van der Waals surface area contributed by atoms with E-state index in [1.165, 1.54) is 0 Å². The molecule has 1 atom stereocenters. The van der Waals surface area contributed by atoms with Crippen molar-refractivity contribution >= 4 is 26.8 Å². The third-order valence-corrected chi connectivity index (χ3v) is 7.15. The Labute approximate surface area is 135 Å². The number of nitrogens with zero attached hydrogens (tertiary/aromatic N) is 1. The maximum atomic E-state index is 12.6. The lowest BCUT2D eigenvalue weighted by Crippen LogP contribution is -2.49. The van der Waals surface area contributed by atoms with Crippen LogP contribution in [0.5, 0.6) is 0 Å². The molecule has 1 aliphatic rings. The van der Waals surface area contributed by atoms with Crippen LogP contribution >= 0.6 is 0 Å².